The summed E-state index contributed by atoms with van der Waals surface area (Å²) >= 11 is 0. The Kier molecular flexibility index (Phi) is 4.53. The van der Waals surface area contributed by atoms with Crippen LogP contribution in [0.15, 0.2) is 52.3 Å². The van der Waals surface area contributed by atoms with Gasteiger partial charge in [-0.1, -0.05) is 11.2 Å². The van der Waals surface area contributed by atoms with Gasteiger partial charge in [0.1, 0.15) is 10.7 Å². The molecule has 8 heteroatoms. The standard InChI is InChI=1S/C19H20N4O3S/c1-13-19(14(2)26-22-13)15-7-8-17(21-11-15)18-6-4-10-23(18)27(24,25)16-5-3-9-20-12-16/h3,5,7-9,11-12,18H,4,6,10H2,1-2H3. The van der Waals surface area contributed by atoms with Gasteiger partial charge in [-0.2, -0.15) is 4.31 Å². The van der Waals surface area contributed by atoms with Gasteiger partial charge in [0.25, 0.3) is 0 Å². The van der Waals surface area contributed by atoms with Crippen LogP contribution in [0.3, 0.4) is 0 Å². The van der Waals surface area contributed by atoms with Crippen molar-refractivity contribution in [1.29, 1.82) is 0 Å². The minimum absolute atomic E-state index is 0.212. The topological polar surface area (TPSA) is 89.2 Å². The second-order valence-corrected chi connectivity index (χ2v) is 8.52. The zero-order valence-electron chi connectivity index (χ0n) is 15.2. The summed E-state index contributed by atoms with van der Waals surface area (Å²) in [4.78, 5) is 8.72. The van der Waals surface area contributed by atoms with E-state index in [0.29, 0.717) is 6.54 Å². The first-order chi connectivity index (χ1) is 13.0. The maximum absolute atomic E-state index is 13.0. The fraction of sp³-hybridized carbons (Fsp3) is 0.316. The van der Waals surface area contributed by atoms with Crippen LogP contribution < -0.4 is 0 Å². The third-order valence-corrected chi connectivity index (χ3v) is 6.79. The molecule has 0 spiro atoms. The zero-order valence-corrected chi connectivity index (χ0v) is 16.0. The molecule has 3 aromatic heterocycles. The van der Waals surface area contributed by atoms with Gasteiger partial charge < -0.3 is 4.52 Å². The first-order valence-electron chi connectivity index (χ1n) is 8.79. The minimum Gasteiger partial charge on any atom is -0.361 e. The molecule has 0 aliphatic carbocycles. The molecule has 1 fully saturated rings. The Morgan fingerprint density at radius 3 is 2.67 bits per heavy atom. The number of rotatable bonds is 4. The highest BCUT2D eigenvalue weighted by atomic mass is 32.2. The average molecular weight is 384 g/mol. The van der Waals surface area contributed by atoms with Crippen LogP contribution >= 0.6 is 0 Å². The van der Waals surface area contributed by atoms with Gasteiger partial charge in [-0.15, -0.1) is 0 Å². The highest BCUT2D eigenvalue weighted by Gasteiger charge is 2.37. The summed E-state index contributed by atoms with van der Waals surface area (Å²) in [6.45, 7) is 4.23. The van der Waals surface area contributed by atoms with Crippen molar-refractivity contribution in [2.24, 2.45) is 0 Å². The van der Waals surface area contributed by atoms with Gasteiger partial charge in [-0.25, -0.2) is 8.42 Å². The van der Waals surface area contributed by atoms with Gasteiger partial charge in [-0.3, -0.25) is 9.97 Å². The molecule has 0 amide bonds. The molecule has 1 atom stereocenters. The SMILES string of the molecule is Cc1noc(C)c1-c1ccc(C2CCCN2S(=O)(=O)c2cccnc2)nc1. The monoisotopic (exact) mass is 384 g/mol. The van der Waals surface area contributed by atoms with Gasteiger partial charge in [0.05, 0.1) is 17.4 Å². The van der Waals surface area contributed by atoms with E-state index < -0.39 is 10.0 Å². The van der Waals surface area contributed by atoms with Crippen molar-refractivity contribution in [3.63, 3.8) is 0 Å². The molecule has 0 radical (unpaired) electrons. The number of pyridine rings is 2. The lowest BCUT2D eigenvalue weighted by Gasteiger charge is -2.23. The maximum Gasteiger partial charge on any atom is 0.245 e. The lowest BCUT2D eigenvalue weighted by Crippen LogP contribution is -2.31. The largest absolute Gasteiger partial charge is 0.361 e. The molecule has 4 heterocycles. The molecule has 7 nitrogen and oxygen atoms in total. The van der Waals surface area contributed by atoms with Crippen molar-refractivity contribution in [2.45, 2.75) is 37.6 Å². The van der Waals surface area contributed by atoms with Gasteiger partial charge in [-0.05, 0) is 44.9 Å². The Balaban J connectivity index is 1.65. The van der Waals surface area contributed by atoms with E-state index in [-0.39, 0.29) is 10.9 Å². The number of hydrogen-bond acceptors (Lipinski definition) is 6. The molecule has 0 aromatic carbocycles. The van der Waals surface area contributed by atoms with Gasteiger partial charge in [0, 0.05) is 36.3 Å². The van der Waals surface area contributed by atoms with Crippen LogP contribution in [0.5, 0.6) is 0 Å². The van der Waals surface area contributed by atoms with Gasteiger partial charge in [0.2, 0.25) is 10.0 Å². The molecule has 1 saturated heterocycles. The second kappa shape index (κ2) is 6.86. The molecule has 140 valence electrons. The summed E-state index contributed by atoms with van der Waals surface area (Å²) in [5.41, 5.74) is 3.40. The molecular weight excluding hydrogens is 364 g/mol. The third-order valence-electron chi connectivity index (χ3n) is 4.89. The Bertz CT molecular complexity index is 1030. The van der Waals surface area contributed by atoms with E-state index in [1.54, 1.807) is 24.5 Å². The highest BCUT2D eigenvalue weighted by molar-refractivity contribution is 7.89. The van der Waals surface area contributed by atoms with E-state index in [9.17, 15) is 8.42 Å². The third kappa shape index (κ3) is 3.15. The van der Waals surface area contributed by atoms with E-state index in [2.05, 4.69) is 15.1 Å². The Morgan fingerprint density at radius 2 is 2.04 bits per heavy atom. The molecule has 1 aliphatic rings. The maximum atomic E-state index is 13.0. The fourth-order valence-corrected chi connectivity index (χ4v) is 5.24. The number of hydrogen-bond donors (Lipinski definition) is 0. The highest BCUT2D eigenvalue weighted by Crippen LogP contribution is 2.36. The van der Waals surface area contributed by atoms with Crippen LogP contribution in [0.2, 0.25) is 0 Å². The number of sulfonamides is 1. The van der Waals surface area contributed by atoms with E-state index in [1.165, 1.54) is 10.5 Å². The molecule has 1 aliphatic heterocycles. The molecule has 0 saturated carbocycles. The normalized spacial score (nSPS) is 18.1. The minimum atomic E-state index is -3.60. The van der Waals surface area contributed by atoms with Crippen molar-refractivity contribution < 1.29 is 12.9 Å². The van der Waals surface area contributed by atoms with E-state index in [4.69, 9.17) is 4.52 Å². The average Bonchev–Trinajstić information content (AvgIpc) is 3.30. The summed E-state index contributed by atoms with van der Waals surface area (Å²) in [6, 6.07) is 6.78. The summed E-state index contributed by atoms with van der Waals surface area (Å²) < 4.78 is 32.7. The summed E-state index contributed by atoms with van der Waals surface area (Å²) in [5, 5.41) is 3.97. The van der Waals surface area contributed by atoms with E-state index >= 15 is 0 Å². The van der Waals surface area contributed by atoms with Crippen LogP contribution in [0, 0.1) is 13.8 Å². The Labute approximate surface area is 158 Å². The number of nitrogens with zero attached hydrogens (tertiary/aromatic N) is 4. The number of aryl methyl sites for hydroxylation is 2. The molecule has 0 N–H and O–H groups in total. The van der Waals surface area contributed by atoms with Crippen LogP contribution in [0.1, 0.15) is 36.0 Å². The second-order valence-electron chi connectivity index (χ2n) is 6.63. The smallest absolute Gasteiger partial charge is 0.245 e. The molecule has 27 heavy (non-hydrogen) atoms. The molecule has 0 bridgehead atoms. The van der Waals surface area contributed by atoms with Crippen molar-refractivity contribution in [3.8, 4) is 11.1 Å². The van der Waals surface area contributed by atoms with Crippen molar-refractivity contribution >= 4 is 10.0 Å². The van der Waals surface area contributed by atoms with Crippen LogP contribution in [-0.2, 0) is 10.0 Å². The Morgan fingerprint density at radius 1 is 1.19 bits per heavy atom. The first kappa shape index (κ1) is 17.8. The molecule has 4 rings (SSSR count). The van der Waals surface area contributed by atoms with Crippen LogP contribution in [0.4, 0.5) is 0 Å². The predicted octanol–water partition coefficient (Wildman–Crippen LogP) is 3.27. The molecule has 1 unspecified atom stereocenters. The molecular formula is C19H20N4O3S. The first-order valence-corrected chi connectivity index (χ1v) is 10.2. The lowest BCUT2D eigenvalue weighted by molar-refractivity contribution is 0.390. The van der Waals surface area contributed by atoms with E-state index in [0.717, 1.165) is 41.1 Å². The predicted molar refractivity (Wildman–Crippen MR) is 99.3 cm³/mol. The Hall–Kier alpha value is -2.58. The van der Waals surface area contributed by atoms with Crippen LogP contribution in [-0.4, -0.2) is 34.4 Å². The van der Waals surface area contributed by atoms with Gasteiger partial charge in [0.15, 0.2) is 0 Å². The molecule has 3 aromatic rings. The van der Waals surface area contributed by atoms with Crippen molar-refractivity contribution in [3.05, 3.63) is 60.0 Å². The lowest BCUT2D eigenvalue weighted by atomic mass is 10.0. The fourth-order valence-electron chi connectivity index (χ4n) is 3.60. The van der Waals surface area contributed by atoms with E-state index in [1.807, 2.05) is 26.0 Å². The summed E-state index contributed by atoms with van der Waals surface area (Å²) in [5.74, 6) is 0.740. The summed E-state index contributed by atoms with van der Waals surface area (Å²) in [6.07, 6.45) is 6.26. The zero-order chi connectivity index (χ0) is 19.0. The van der Waals surface area contributed by atoms with Crippen molar-refractivity contribution in [2.75, 3.05) is 6.54 Å². The number of aromatic nitrogens is 3. The van der Waals surface area contributed by atoms with Crippen molar-refractivity contribution in [1.82, 2.24) is 19.4 Å². The van der Waals surface area contributed by atoms with Crippen LogP contribution in [0.25, 0.3) is 11.1 Å². The van der Waals surface area contributed by atoms with Gasteiger partial charge >= 0.3 is 0 Å². The summed E-state index contributed by atoms with van der Waals surface area (Å²) in [7, 11) is -3.60. The quantitative estimate of drug-likeness (QED) is 0.686.